The molecule has 26 heavy (non-hydrogen) atoms. The van der Waals surface area contributed by atoms with Gasteiger partial charge in [-0.25, -0.2) is 0 Å². The molecule has 1 saturated heterocycles. The fraction of sp³-hybridized carbons (Fsp3) is 0.500. The summed E-state index contributed by atoms with van der Waals surface area (Å²) in [6, 6.07) is 9.71. The molecule has 1 aliphatic heterocycles. The largest absolute Gasteiger partial charge is 0.491 e. The number of aromatic nitrogens is 2. The second-order valence-corrected chi connectivity index (χ2v) is 7.33. The maximum absolute atomic E-state index is 12.6. The number of aryl methyl sites for hydroxylation is 3. The summed E-state index contributed by atoms with van der Waals surface area (Å²) >= 11 is 0. The topological polar surface area (TPSA) is 67.6 Å². The van der Waals surface area contributed by atoms with Gasteiger partial charge in [-0.2, -0.15) is 5.10 Å². The Morgan fingerprint density at radius 2 is 2.12 bits per heavy atom. The van der Waals surface area contributed by atoms with Gasteiger partial charge in [-0.05, 0) is 57.4 Å². The number of carbonyl (C=O) groups is 1. The number of amides is 1. The molecule has 1 atom stereocenters. The first-order chi connectivity index (χ1) is 12.3. The van der Waals surface area contributed by atoms with Crippen molar-refractivity contribution in [2.45, 2.75) is 45.8 Å². The third-order valence-corrected chi connectivity index (χ3v) is 4.79. The Kier molecular flexibility index (Phi) is 5.32. The second kappa shape index (κ2) is 7.50. The normalized spacial score (nSPS) is 20.2. The van der Waals surface area contributed by atoms with Crippen LogP contribution in [0, 0.1) is 20.8 Å². The molecule has 0 aliphatic carbocycles. The van der Waals surface area contributed by atoms with E-state index in [-0.39, 0.29) is 25.6 Å². The van der Waals surface area contributed by atoms with Crippen LogP contribution < -0.4 is 4.74 Å². The number of nitrogens with zero attached hydrogens (tertiary/aromatic N) is 3. The number of ether oxygens (including phenoxy) is 1. The molecule has 1 fully saturated rings. The van der Waals surface area contributed by atoms with Crippen LogP contribution in [0.25, 0.3) is 0 Å². The number of rotatable bonds is 5. The Labute approximate surface area is 154 Å². The molecule has 1 aromatic heterocycles. The van der Waals surface area contributed by atoms with Crippen molar-refractivity contribution in [3.63, 3.8) is 0 Å². The van der Waals surface area contributed by atoms with Crippen LogP contribution in [0.15, 0.2) is 30.3 Å². The second-order valence-electron chi connectivity index (χ2n) is 7.33. The lowest BCUT2D eigenvalue weighted by molar-refractivity contribution is -0.141. The molecule has 6 heteroatoms. The van der Waals surface area contributed by atoms with Crippen molar-refractivity contribution in [1.29, 1.82) is 0 Å². The highest BCUT2D eigenvalue weighted by molar-refractivity contribution is 5.76. The van der Waals surface area contributed by atoms with E-state index in [2.05, 4.69) is 5.10 Å². The Bertz CT molecular complexity index is 786. The Morgan fingerprint density at radius 3 is 2.81 bits per heavy atom. The van der Waals surface area contributed by atoms with Gasteiger partial charge < -0.3 is 14.7 Å². The van der Waals surface area contributed by atoms with Gasteiger partial charge in [-0.15, -0.1) is 0 Å². The van der Waals surface area contributed by atoms with Gasteiger partial charge >= 0.3 is 0 Å². The first-order valence-corrected chi connectivity index (χ1v) is 9.05. The van der Waals surface area contributed by atoms with Crippen molar-refractivity contribution in [3.05, 3.63) is 47.3 Å². The summed E-state index contributed by atoms with van der Waals surface area (Å²) in [5.41, 5.74) is 1.95. The monoisotopic (exact) mass is 357 g/mol. The Morgan fingerprint density at radius 1 is 1.31 bits per heavy atom. The van der Waals surface area contributed by atoms with Crippen LogP contribution in [0.2, 0.25) is 0 Å². The number of aliphatic hydroxyl groups is 1. The average molecular weight is 357 g/mol. The number of hydrogen-bond acceptors (Lipinski definition) is 4. The minimum atomic E-state index is -1.02. The summed E-state index contributed by atoms with van der Waals surface area (Å²) in [5.74, 6) is 0.717. The van der Waals surface area contributed by atoms with Crippen molar-refractivity contribution in [2.24, 2.45) is 0 Å². The number of likely N-dealkylation sites (tertiary alicyclic amines) is 1. The summed E-state index contributed by atoms with van der Waals surface area (Å²) in [7, 11) is 0. The molecule has 6 nitrogen and oxygen atoms in total. The molecule has 140 valence electrons. The van der Waals surface area contributed by atoms with Gasteiger partial charge in [0, 0.05) is 12.2 Å². The van der Waals surface area contributed by atoms with E-state index in [1.807, 2.05) is 51.1 Å². The van der Waals surface area contributed by atoms with Crippen molar-refractivity contribution < 1.29 is 14.6 Å². The van der Waals surface area contributed by atoms with Crippen LogP contribution in [-0.4, -0.2) is 51.0 Å². The van der Waals surface area contributed by atoms with E-state index in [1.165, 1.54) is 0 Å². The standard InChI is InChI=1S/C20H27N3O3/c1-15-6-4-7-18(10-15)26-14-20(25)8-5-9-22(13-20)19(24)12-23-17(3)11-16(2)21-23/h4,6-7,10-11,25H,5,8-9,12-14H2,1-3H3/t20-/m1/s1. The smallest absolute Gasteiger partial charge is 0.244 e. The third-order valence-electron chi connectivity index (χ3n) is 4.79. The zero-order valence-corrected chi connectivity index (χ0v) is 15.7. The van der Waals surface area contributed by atoms with Crippen LogP contribution in [0.5, 0.6) is 5.75 Å². The molecule has 0 unspecified atom stereocenters. The lowest BCUT2D eigenvalue weighted by atomic mass is 9.93. The average Bonchev–Trinajstić information content (AvgIpc) is 2.90. The summed E-state index contributed by atoms with van der Waals surface area (Å²) in [5, 5.41) is 15.3. The number of carbonyl (C=O) groups excluding carboxylic acids is 1. The molecule has 1 amide bonds. The lowest BCUT2D eigenvalue weighted by Crippen LogP contribution is -2.54. The van der Waals surface area contributed by atoms with Crippen LogP contribution >= 0.6 is 0 Å². The van der Waals surface area contributed by atoms with E-state index in [9.17, 15) is 9.90 Å². The minimum Gasteiger partial charge on any atom is -0.491 e. The van der Waals surface area contributed by atoms with Crippen LogP contribution in [0.1, 0.15) is 29.8 Å². The first kappa shape index (κ1) is 18.5. The maximum atomic E-state index is 12.6. The summed E-state index contributed by atoms with van der Waals surface area (Å²) in [6.07, 6.45) is 1.39. The predicted octanol–water partition coefficient (Wildman–Crippen LogP) is 2.24. The number of benzene rings is 1. The van der Waals surface area contributed by atoms with E-state index in [4.69, 9.17) is 4.74 Å². The fourth-order valence-electron chi connectivity index (χ4n) is 3.43. The van der Waals surface area contributed by atoms with E-state index in [0.29, 0.717) is 13.0 Å². The van der Waals surface area contributed by atoms with Crippen molar-refractivity contribution in [1.82, 2.24) is 14.7 Å². The van der Waals surface area contributed by atoms with E-state index in [1.54, 1.807) is 9.58 Å². The molecule has 0 saturated carbocycles. The maximum Gasteiger partial charge on any atom is 0.244 e. The molecule has 2 heterocycles. The van der Waals surface area contributed by atoms with Crippen LogP contribution in [-0.2, 0) is 11.3 Å². The van der Waals surface area contributed by atoms with E-state index >= 15 is 0 Å². The zero-order valence-electron chi connectivity index (χ0n) is 15.7. The van der Waals surface area contributed by atoms with Gasteiger partial charge in [-0.1, -0.05) is 12.1 Å². The SMILES string of the molecule is Cc1cccc(OC[C@@]2(O)CCCN(C(=O)Cn3nc(C)cc3C)C2)c1. The van der Waals surface area contributed by atoms with Gasteiger partial charge in [0.2, 0.25) is 5.91 Å². The van der Waals surface area contributed by atoms with Gasteiger partial charge in [0.05, 0.1) is 12.2 Å². The molecule has 0 bridgehead atoms. The molecule has 1 aliphatic rings. The van der Waals surface area contributed by atoms with E-state index < -0.39 is 5.60 Å². The van der Waals surface area contributed by atoms with Crippen molar-refractivity contribution >= 4 is 5.91 Å². The van der Waals surface area contributed by atoms with Gasteiger partial charge in [0.1, 0.15) is 24.5 Å². The minimum absolute atomic E-state index is 0.0233. The van der Waals surface area contributed by atoms with Crippen molar-refractivity contribution in [2.75, 3.05) is 19.7 Å². The number of piperidine rings is 1. The molecular weight excluding hydrogens is 330 g/mol. The van der Waals surface area contributed by atoms with Crippen LogP contribution in [0.3, 0.4) is 0 Å². The lowest BCUT2D eigenvalue weighted by Gasteiger charge is -2.39. The highest BCUT2D eigenvalue weighted by Gasteiger charge is 2.36. The predicted molar refractivity (Wildman–Crippen MR) is 99.1 cm³/mol. The zero-order chi connectivity index (χ0) is 18.7. The highest BCUT2D eigenvalue weighted by Crippen LogP contribution is 2.23. The van der Waals surface area contributed by atoms with Gasteiger partial charge in [-0.3, -0.25) is 9.48 Å². The highest BCUT2D eigenvalue weighted by atomic mass is 16.5. The third kappa shape index (κ3) is 4.43. The Hall–Kier alpha value is -2.34. The number of hydrogen-bond donors (Lipinski definition) is 1. The molecule has 1 aromatic carbocycles. The first-order valence-electron chi connectivity index (χ1n) is 9.05. The molecule has 3 rings (SSSR count). The molecular formula is C20H27N3O3. The Balaban J connectivity index is 1.60. The summed E-state index contributed by atoms with van der Waals surface area (Å²) in [4.78, 5) is 14.4. The molecule has 0 spiro atoms. The van der Waals surface area contributed by atoms with Crippen LogP contribution in [0.4, 0.5) is 0 Å². The quantitative estimate of drug-likeness (QED) is 0.891. The molecule has 1 N–H and O–H groups in total. The van der Waals surface area contributed by atoms with Crippen molar-refractivity contribution in [3.8, 4) is 5.75 Å². The number of β-amino-alcohol motifs (C(OH)–C–C–N with tert-alkyl or cyclic N) is 1. The molecule has 2 aromatic rings. The van der Waals surface area contributed by atoms with E-state index in [0.717, 1.165) is 29.1 Å². The molecule has 0 radical (unpaired) electrons. The summed E-state index contributed by atoms with van der Waals surface area (Å²) < 4.78 is 7.51. The fourth-order valence-corrected chi connectivity index (χ4v) is 3.43. The summed E-state index contributed by atoms with van der Waals surface area (Å²) in [6.45, 7) is 7.18. The van der Waals surface area contributed by atoms with Gasteiger partial charge in [0.15, 0.2) is 0 Å². The van der Waals surface area contributed by atoms with Gasteiger partial charge in [0.25, 0.3) is 0 Å².